The first-order valence-electron chi connectivity index (χ1n) is 5.41. The van der Waals surface area contributed by atoms with Crippen molar-refractivity contribution in [3.8, 4) is 0 Å². The lowest BCUT2D eigenvalue weighted by Crippen LogP contribution is -2.36. The van der Waals surface area contributed by atoms with Gasteiger partial charge in [0.25, 0.3) is 0 Å². The van der Waals surface area contributed by atoms with E-state index in [-0.39, 0.29) is 11.8 Å². The average Bonchev–Trinajstić information content (AvgIpc) is 2.48. The third kappa shape index (κ3) is 1.67. The lowest BCUT2D eigenvalue weighted by Gasteiger charge is -2.20. The van der Waals surface area contributed by atoms with Crippen LogP contribution in [-0.4, -0.2) is 11.8 Å². The van der Waals surface area contributed by atoms with Crippen LogP contribution in [0.25, 0.3) is 6.08 Å². The Bertz CT molecular complexity index is 584. The third-order valence-electron chi connectivity index (χ3n) is 2.99. The van der Waals surface area contributed by atoms with Crippen LogP contribution < -0.4 is 5.32 Å². The number of allylic oxidation sites excluding steroid dienone is 2. The molecule has 0 saturated heterocycles. The number of hydrogen-bond donors (Lipinski definition) is 1. The summed E-state index contributed by atoms with van der Waals surface area (Å²) in [5.41, 5.74) is 2.70. The Morgan fingerprint density at radius 1 is 1.24 bits per heavy atom. The van der Waals surface area contributed by atoms with Crippen LogP contribution in [0.15, 0.2) is 52.7 Å². The Morgan fingerprint density at radius 3 is 2.94 bits per heavy atom. The molecule has 1 heterocycles. The van der Waals surface area contributed by atoms with E-state index in [1.54, 1.807) is 6.20 Å². The molecule has 0 bridgehead atoms. The average molecular weight is 288 g/mol. The van der Waals surface area contributed by atoms with Crippen LogP contribution in [-0.2, 0) is 0 Å². The van der Waals surface area contributed by atoms with Crippen molar-refractivity contribution in [2.75, 3.05) is 0 Å². The first-order valence-corrected chi connectivity index (χ1v) is 6.20. The topological polar surface area (TPSA) is 29.1 Å². The van der Waals surface area contributed by atoms with Gasteiger partial charge in [-0.2, -0.15) is 0 Å². The van der Waals surface area contributed by atoms with Gasteiger partial charge in [-0.1, -0.05) is 46.3 Å². The summed E-state index contributed by atoms with van der Waals surface area (Å²) in [5.74, 6) is 0.113. The summed E-state index contributed by atoms with van der Waals surface area (Å²) in [6, 6.07) is 7.38. The molecule has 1 N–H and O–H groups in total. The Labute approximate surface area is 108 Å². The summed E-state index contributed by atoms with van der Waals surface area (Å²) < 4.78 is 0.956. The second-order valence-electron chi connectivity index (χ2n) is 4.02. The number of carbonyl (C=O) groups excluding carboxylic acids is 1. The van der Waals surface area contributed by atoms with Gasteiger partial charge in [-0.25, -0.2) is 0 Å². The molecule has 0 saturated carbocycles. The third-order valence-corrected chi connectivity index (χ3v) is 3.68. The van der Waals surface area contributed by atoms with Crippen molar-refractivity contribution in [3.05, 3.63) is 63.8 Å². The summed E-state index contributed by atoms with van der Waals surface area (Å²) in [6.07, 6.45) is 7.68. The molecule has 3 rings (SSSR count). The van der Waals surface area contributed by atoms with Crippen LogP contribution in [0, 0.1) is 0 Å². The van der Waals surface area contributed by atoms with Crippen molar-refractivity contribution in [1.82, 2.24) is 5.32 Å². The van der Waals surface area contributed by atoms with Gasteiger partial charge in [0, 0.05) is 10.0 Å². The molecule has 84 valence electrons. The van der Waals surface area contributed by atoms with Gasteiger partial charge < -0.3 is 5.32 Å². The molecule has 0 fully saturated rings. The fraction of sp³-hybridized carbons (Fsp3) is 0.0714. The number of Topliss-reactive ketones (excluding diaryl/α,β-unsaturated/α-hetero) is 1. The standard InChI is InChI=1S/C14H10BrNO/c15-12-8-9-4-1-2-5-10(9)14(17)13-11(12)6-3-7-16-13/h1-8,13,16H. The molecule has 1 aliphatic carbocycles. The van der Waals surface area contributed by atoms with Gasteiger partial charge in [-0.3, -0.25) is 4.79 Å². The van der Waals surface area contributed by atoms with E-state index in [0.717, 1.165) is 21.2 Å². The van der Waals surface area contributed by atoms with Crippen LogP contribution >= 0.6 is 15.9 Å². The molecule has 3 heteroatoms. The maximum absolute atomic E-state index is 12.4. The number of benzene rings is 1. The predicted octanol–water partition coefficient (Wildman–Crippen LogP) is 3.03. The molecule has 1 unspecified atom stereocenters. The summed E-state index contributed by atoms with van der Waals surface area (Å²) in [4.78, 5) is 12.4. The van der Waals surface area contributed by atoms with Crippen LogP contribution in [0.5, 0.6) is 0 Å². The normalized spacial score (nSPS) is 21.7. The summed E-state index contributed by atoms with van der Waals surface area (Å²) in [5, 5.41) is 3.11. The van der Waals surface area contributed by atoms with Crippen molar-refractivity contribution in [3.63, 3.8) is 0 Å². The molecule has 0 amide bonds. The minimum Gasteiger partial charge on any atom is -0.377 e. The smallest absolute Gasteiger partial charge is 0.190 e. The highest BCUT2D eigenvalue weighted by molar-refractivity contribution is 9.12. The predicted molar refractivity (Wildman–Crippen MR) is 71.8 cm³/mol. The van der Waals surface area contributed by atoms with Crippen LogP contribution in [0.4, 0.5) is 0 Å². The maximum Gasteiger partial charge on any atom is 0.190 e. The second-order valence-corrected chi connectivity index (χ2v) is 4.88. The molecule has 1 atom stereocenters. The number of ketones is 1. The highest BCUT2D eigenvalue weighted by Crippen LogP contribution is 2.31. The maximum atomic E-state index is 12.4. The molecule has 0 aromatic heterocycles. The number of hydrogen-bond acceptors (Lipinski definition) is 2. The van der Waals surface area contributed by atoms with E-state index in [0.29, 0.717) is 0 Å². The van der Waals surface area contributed by atoms with Gasteiger partial charge in [0.1, 0.15) is 6.04 Å². The van der Waals surface area contributed by atoms with Gasteiger partial charge in [0.15, 0.2) is 5.78 Å². The fourth-order valence-electron chi connectivity index (χ4n) is 2.15. The van der Waals surface area contributed by atoms with E-state index in [1.807, 2.05) is 42.5 Å². The Kier molecular flexibility index (Phi) is 2.48. The molecule has 1 aromatic rings. The van der Waals surface area contributed by atoms with Crippen molar-refractivity contribution < 1.29 is 4.79 Å². The summed E-state index contributed by atoms with van der Waals surface area (Å²) in [6.45, 7) is 0. The molecular weight excluding hydrogens is 278 g/mol. The first kappa shape index (κ1) is 10.5. The van der Waals surface area contributed by atoms with E-state index < -0.39 is 0 Å². The number of halogens is 1. The molecule has 2 nitrogen and oxygen atoms in total. The molecular formula is C14H10BrNO. The molecule has 2 aliphatic rings. The highest BCUT2D eigenvalue weighted by atomic mass is 79.9. The van der Waals surface area contributed by atoms with Gasteiger partial charge in [0.2, 0.25) is 0 Å². The largest absolute Gasteiger partial charge is 0.377 e. The van der Waals surface area contributed by atoms with Crippen molar-refractivity contribution in [2.45, 2.75) is 6.04 Å². The van der Waals surface area contributed by atoms with Crippen molar-refractivity contribution >= 4 is 27.8 Å². The number of nitrogens with one attached hydrogen (secondary N) is 1. The Morgan fingerprint density at radius 2 is 2.06 bits per heavy atom. The Balaban J connectivity index is 2.22. The number of dihydropyridines is 1. The van der Waals surface area contributed by atoms with Crippen molar-refractivity contribution in [1.29, 1.82) is 0 Å². The lowest BCUT2D eigenvalue weighted by atomic mass is 9.96. The van der Waals surface area contributed by atoms with Gasteiger partial charge >= 0.3 is 0 Å². The number of carbonyl (C=O) groups is 1. The van der Waals surface area contributed by atoms with Crippen LogP contribution in [0.2, 0.25) is 0 Å². The van der Waals surface area contributed by atoms with Gasteiger partial charge in [0.05, 0.1) is 0 Å². The molecule has 17 heavy (non-hydrogen) atoms. The first-order chi connectivity index (χ1) is 8.27. The number of rotatable bonds is 0. The minimum atomic E-state index is -0.283. The summed E-state index contributed by atoms with van der Waals surface area (Å²) >= 11 is 3.54. The van der Waals surface area contributed by atoms with E-state index in [1.165, 1.54) is 0 Å². The van der Waals surface area contributed by atoms with E-state index in [2.05, 4.69) is 21.2 Å². The molecule has 0 radical (unpaired) electrons. The second kappa shape index (κ2) is 4.00. The quantitative estimate of drug-likeness (QED) is 0.795. The van der Waals surface area contributed by atoms with Gasteiger partial charge in [-0.15, -0.1) is 0 Å². The monoisotopic (exact) mass is 287 g/mol. The SMILES string of the molecule is O=C1c2ccccc2C=C(Br)C2=CC=CNC12. The van der Waals surface area contributed by atoms with E-state index >= 15 is 0 Å². The number of fused-ring (bicyclic) bond motifs is 2. The van der Waals surface area contributed by atoms with Crippen LogP contribution in [0.1, 0.15) is 15.9 Å². The minimum absolute atomic E-state index is 0.113. The van der Waals surface area contributed by atoms with E-state index in [4.69, 9.17) is 0 Å². The van der Waals surface area contributed by atoms with Crippen molar-refractivity contribution in [2.24, 2.45) is 0 Å². The molecule has 1 aliphatic heterocycles. The fourth-order valence-corrected chi connectivity index (χ4v) is 2.75. The Hall–Kier alpha value is -1.61. The molecule has 0 spiro atoms. The highest BCUT2D eigenvalue weighted by Gasteiger charge is 2.29. The zero-order valence-electron chi connectivity index (χ0n) is 8.98. The summed E-state index contributed by atoms with van der Waals surface area (Å²) in [7, 11) is 0. The zero-order valence-corrected chi connectivity index (χ0v) is 10.6. The van der Waals surface area contributed by atoms with Gasteiger partial charge in [-0.05, 0) is 29.5 Å². The lowest BCUT2D eigenvalue weighted by molar-refractivity contribution is 0.0965. The molecule has 1 aromatic carbocycles. The van der Waals surface area contributed by atoms with E-state index in [9.17, 15) is 4.79 Å². The van der Waals surface area contributed by atoms with Crippen LogP contribution in [0.3, 0.4) is 0 Å². The zero-order chi connectivity index (χ0) is 11.8.